The van der Waals surface area contributed by atoms with Crippen molar-refractivity contribution in [1.82, 2.24) is 4.57 Å². The lowest BCUT2D eigenvalue weighted by molar-refractivity contribution is 0.0973. The monoisotopic (exact) mass is 501 g/mol. The van der Waals surface area contributed by atoms with E-state index in [0.717, 1.165) is 47.1 Å². The van der Waals surface area contributed by atoms with Crippen LogP contribution in [0.3, 0.4) is 0 Å². The molecule has 4 aromatic rings. The van der Waals surface area contributed by atoms with Crippen LogP contribution in [0.15, 0.2) is 66.7 Å². The Morgan fingerprint density at radius 2 is 1.59 bits per heavy atom. The van der Waals surface area contributed by atoms with Crippen molar-refractivity contribution in [2.75, 3.05) is 0 Å². The van der Waals surface area contributed by atoms with Gasteiger partial charge in [0.05, 0.1) is 5.52 Å². The first-order valence-electron chi connectivity index (χ1n) is 13.0. The average molecular weight is 502 g/mol. The van der Waals surface area contributed by atoms with E-state index in [2.05, 4.69) is 37.5 Å². The second kappa shape index (κ2) is 11.6. The van der Waals surface area contributed by atoms with E-state index < -0.39 is 11.6 Å². The van der Waals surface area contributed by atoms with E-state index in [1.807, 2.05) is 36.4 Å². The standard InChI is InChI=1S/C32H33F2NO2/c1-4-5-11-29(36)24-14-15-25-28(19-24)35(20-23-9-7-6-8-10-23)32(21(2)3)31(25)30(37)17-13-22-12-16-26(33)27(34)18-22/h6-10,12,14-16,18-19,21H,4-5,11,13,17,20H2,1-3H3. The topological polar surface area (TPSA) is 39.1 Å². The molecule has 0 bridgehead atoms. The van der Waals surface area contributed by atoms with E-state index >= 15 is 0 Å². The summed E-state index contributed by atoms with van der Waals surface area (Å²) in [5.41, 5.74) is 4.78. The number of ketones is 2. The molecule has 0 aliphatic rings. The van der Waals surface area contributed by atoms with Gasteiger partial charge in [-0.05, 0) is 48.1 Å². The molecule has 0 radical (unpaired) electrons. The maximum absolute atomic E-state index is 13.7. The molecule has 0 fully saturated rings. The molecule has 1 aromatic heterocycles. The fourth-order valence-corrected chi connectivity index (χ4v) is 4.93. The van der Waals surface area contributed by atoms with Gasteiger partial charge in [-0.25, -0.2) is 8.78 Å². The van der Waals surface area contributed by atoms with Crippen molar-refractivity contribution in [3.8, 4) is 0 Å². The Hall–Kier alpha value is -3.60. The molecule has 1 heterocycles. The number of rotatable bonds is 11. The Labute approximate surface area is 217 Å². The summed E-state index contributed by atoms with van der Waals surface area (Å²) in [6.07, 6.45) is 2.77. The first-order valence-corrected chi connectivity index (χ1v) is 13.0. The van der Waals surface area contributed by atoms with Gasteiger partial charge in [-0.2, -0.15) is 0 Å². The van der Waals surface area contributed by atoms with Crippen LogP contribution in [-0.2, 0) is 13.0 Å². The van der Waals surface area contributed by atoms with Gasteiger partial charge in [0.25, 0.3) is 0 Å². The number of benzene rings is 3. The van der Waals surface area contributed by atoms with Crippen molar-refractivity contribution >= 4 is 22.5 Å². The molecule has 3 nitrogen and oxygen atoms in total. The minimum absolute atomic E-state index is 0.0460. The molecule has 0 unspecified atom stereocenters. The van der Waals surface area contributed by atoms with E-state index in [9.17, 15) is 18.4 Å². The van der Waals surface area contributed by atoms with Crippen molar-refractivity contribution in [3.05, 3.63) is 106 Å². The smallest absolute Gasteiger partial charge is 0.165 e. The number of aryl methyl sites for hydroxylation is 1. The second-order valence-electron chi connectivity index (χ2n) is 9.92. The number of carbonyl (C=O) groups is 2. The third kappa shape index (κ3) is 5.87. The van der Waals surface area contributed by atoms with Gasteiger partial charge in [0.1, 0.15) is 0 Å². The summed E-state index contributed by atoms with van der Waals surface area (Å²) in [6.45, 7) is 6.77. The highest BCUT2D eigenvalue weighted by Gasteiger charge is 2.25. The summed E-state index contributed by atoms with van der Waals surface area (Å²) >= 11 is 0. The van der Waals surface area contributed by atoms with Crippen molar-refractivity contribution in [2.24, 2.45) is 0 Å². The Bertz CT molecular complexity index is 1420. The van der Waals surface area contributed by atoms with Gasteiger partial charge in [0, 0.05) is 41.6 Å². The molecule has 5 heteroatoms. The van der Waals surface area contributed by atoms with E-state index in [-0.39, 0.29) is 23.9 Å². The van der Waals surface area contributed by atoms with Crippen LogP contribution in [0.5, 0.6) is 0 Å². The van der Waals surface area contributed by atoms with Crippen LogP contribution in [0.25, 0.3) is 10.9 Å². The molecular formula is C32H33F2NO2. The van der Waals surface area contributed by atoms with E-state index in [1.165, 1.54) is 6.07 Å². The number of Topliss-reactive ketones (excluding diaryl/α,β-unsaturated/α-hetero) is 2. The van der Waals surface area contributed by atoms with Crippen LogP contribution in [0.1, 0.15) is 89.9 Å². The molecule has 3 aromatic carbocycles. The molecule has 0 aliphatic heterocycles. The number of nitrogens with zero attached hydrogens (tertiary/aromatic N) is 1. The lowest BCUT2D eigenvalue weighted by Gasteiger charge is -2.15. The fraction of sp³-hybridized carbons (Fsp3) is 0.312. The van der Waals surface area contributed by atoms with Crippen molar-refractivity contribution in [3.63, 3.8) is 0 Å². The molecule has 192 valence electrons. The second-order valence-corrected chi connectivity index (χ2v) is 9.92. The zero-order valence-corrected chi connectivity index (χ0v) is 21.7. The van der Waals surface area contributed by atoms with E-state index in [4.69, 9.17) is 0 Å². The number of aromatic nitrogens is 1. The lowest BCUT2D eigenvalue weighted by atomic mass is 9.95. The minimum atomic E-state index is -0.910. The van der Waals surface area contributed by atoms with Crippen LogP contribution < -0.4 is 0 Å². The van der Waals surface area contributed by atoms with Gasteiger partial charge >= 0.3 is 0 Å². The molecule has 0 amide bonds. The number of halogens is 2. The molecule has 0 atom stereocenters. The van der Waals surface area contributed by atoms with Gasteiger partial charge in [-0.3, -0.25) is 9.59 Å². The lowest BCUT2D eigenvalue weighted by Crippen LogP contribution is -2.11. The number of carbonyl (C=O) groups excluding carboxylic acids is 2. The molecule has 0 spiro atoms. The summed E-state index contributed by atoms with van der Waals surface area (Å²) in [6, 6.07) is 19.5. The largest absolute Gasteiger partial charge is 0.339 e. The summed E-state index contributed by atoms with van der Waals surface area (Å²) in [5, 5.41) is 0.821. The summed E-state index contributed by atoms with van der Waals surface area (Å²) < 4.78 is 29.2. The number of fused-ring (bicyclic) bond motifs is 1. The number of hydrogen-bond donors (Lipinski definition) is 0. The van der Waals surface area contributed by atoms with Gasteiger partial charge in [-0.1, -0.05) is 75.7 Å². The van der Waals surface area contributed by atoms with Gasteiger partial charge in [0.15, 0.2) is 23.2 Å². The Balaban J connectivity index is 1.79. The highest BCUT2D eigenvalue weighted by Crippen LogP contribution is 2.34. The summed E-state index contributed by atoms with van der Waals surface area (Å²) in [7, 11) is 0. The van der Waals surface area contributed by atoms with Crippen LogP contribution >= 0.6 is 0 Å². The zero-order valence-electron chi connectivity index (χ0n) is 21.7. The van der Waals surface area contributed by atoms with E-state index in [0.29, 0.717) is 36.1 Å². The molecule has 0 saturated heterocycles. The predicted molar refractivity (Wildman–Crippen MR) is 144 cm³/mol. The highest BCUT2D eigenvalue weighted by molar-refractivity contribution is 6.11. The normalized spacial score (nSPS) is 11.4. The predicted octanol–water partition coefficient (Wildman–Crippen LogP) is 8.28. The van der Waals surface area contributed by atoms with Gasteiger partial charge in [-0.15, -0.1) is 0 Å². The van der Waals surface area contributed by atoms with Gasteiger partial charge in [0.2, 0.25) is 0 Å². The summed E-state index contributed by atoms with van der Waals surface area (Å²) in [4.78, 5) is 26.5. The first-order chi connectivity index (χ1) is 17.8. The minimum Gasteiger partial charge on any atom is -0.339 e. The quantitative estimate of drug-likeness (QED) is 0.194. The Kier molecular flexibility index (Phi) is 8.32. The number of unbranched alkanes of at least 4 members (excludes halogenated alkanes) is 1. The molecule has 0 saturated carbocycles. The molecule has 0 aliphatic carbocycles. The summed E-state index contributed by atoms with van der Waals surface area (Å²) in [5.74, 6) is -1.70. The maximum Gasteiger partial charge on any atom is 0.165 e. The van der Waals surface area contributed by atoms with E-state index in [1.54, 1.807) is 0 Å². The Morgan fingerprint density at radius 3 is 2.27 bits per heavy atom. The van der Waals surface area contributed by atoms with Crippen molar-refractivity contribution in [1.29, 1.82) is 0 Å². The molecular weight excluding hydrogens is 468 g/mol. The zero-order chi connectivity index (χ0) is 26.5. The van der Waals surface area contributed by atoms with Crippen LogP contribution in [-0.4, -0.2) is 16.1 Å². The maximum atomic E-state index is 13.7. The van der Waals surface area contributed by atoms with Crippen LogP contribution in [0.4, 0.5) is 8.78 Å². The average Bonchev–Trinajstić information content (AvgIpc) is 3.22. The highest BCUT2D eigenvalue weighted by atomic mass is 19.2. The molecule has 4 rings (SSSR count). The number of hydrogen-bond acceptors (Lipinski definition) is 2. The van der Waals surface area contributed by atoms with Crippen LogP contribution in [0.2, 0.25) is 0 Å². The SMILES string of the molecule is CCCCC(=O)c1ccc2c(C(=O)CCc3ccc(F)c(F)c3)c(C(C)C)n(Cc3ccccc3)c2c1. The molecule has 0 N–H and O–H groups in total. The third-order valence-electron chi connectivity index (χ3n) is 6.82. The Morgan fingerprint density at radius 1 is 0.838 bits per heavy atom. The molecule has 37 heavy (non-hydrogen) atoms. The van der Waals surface area contributed by atoms with Crippen molar-refractivity contribution < 1.29 is 18.4 Å². The van der Waals surface area contributed by atoms with Crippen molar-refractivity contribution in [2.45, 2.75) is 65.3 Å². The third-order valence-corrected chi connectivity index (χ3v) is 6.82. The first kappa shape index (κ1) is 26.5. The van der Waals surface area contributed by atoms with Crippen LogP contribution in [0, 0.1) is 11.6 Å². The van der Waals surface area contributed by atoms with Gasteiger partial charge < -0.3 is 4.57 Å². The fourth-order valence-electron chi connectivity index (χ4n) is 4.93.